The van der Waals surface area contributed by atoms with Gasteiger partial charge in [0.15, 0.2) is 0 Å². The molecule has 7 nitrogen and oxygen atoms in total. The summed E-state index contributed by atoms with van der Waals surface area (Å²) in [5, 5.41) is 7.77. The van der Waals surface area contributed by atoms with Crippen LogP contribution in [0.5, 0.6) is 0 Å². The summed E-state index contributed by atoms with van der Waals surface area (Å²) < 4.78 is 5.18. The fourth-order valence-electron chi connectivity index (χ4n) is 2.15. The Morgan fingerprint density at radius 3 is 2.22 bits per heavy atom. The van der Waals surface area contributed by atoms with E-state index >= 15 is 0 Å². The minimum atomic E-state index is -0.806. The summed E-state index contributed by atoms with van der Waals surface area (Å²) in [4.78, 5) is 36.3. The Bertz CT molecular complexity index is 675. The number of alkyl carbamates (subject to hydrolysis) is 1. The lowest BCUT2D eigenvalue weighted by Crippen LogP contribution is -2.52. The fraction of sp³-hybridized carbons (Fsp3) is 0.450. The molecule has 0 fully saturated rings. The van der Waals surface area contributed by atoms with Crippen molar-refractivity contribution < 1.29 is 19.1 Å². The molecule has 0 radical (unpaired) electrons. The highest BCUT2D eigenvalue weighted by Gasteiger charge is 2.27. The lowest BCUT2D eigenvalue weighted by Gasteiger charge is -2.25. The van der Waals surface area contributed by atoms with Crippen molar-refractivity contribution in [2.75, 3.05) is 11.9 Å². The molecule has 27 heavy (non-hydrogen) atoms. The third-order valence-corrected chi connectivity index (χ3v) is 3.47. The minimum Gasteiger partial charge on any atom is -0.444 e. The Balaban J connectivity index is 2.56. The molecule has 1 rings (SSSR count). The molecule has 0 aliphatic rings. The number of nitrogens with one attached hydrogen (secondary N) is 3. The molecule has 0 aromatic heterocycles. The van der Waals surface area contributed by atoms with Crippen molar-refractivity contribution in [2.24, 2.45) is 5.92 Å². The number of rotatable bonds is 7. The first-order valence-electron chi connectivity index (χ1n) is 8.81. The van der Waals surface area contributed by atoms with Crippen LogP contribution in [0.2, 0.25) is 0 Å². The molecule has 1 unspecified atom stereocenters. The Labute approximate surface area is 160 Å². The second-order valence-electron chi connectivity index (χ2n) is 7.46. The first-order valence-corrected chi connectivity index (χ1v) is 8.81. The summed E-state index contributed by atoms with van der Waals surface area (Å²) in [6, 6.07) is 6.33. The van der Waals surface area contributed by atoms with Gasteiger partial charge in [-0.25, -0.2) is 4.79 Å². The number of carbonyl (C=O) groups is 3. The molecule has 3 amide bonds. The van der Waals surface area contributed by atoms with E-state index in [1.807, 2.05) is 12.1 Å². The number of benzene rings is 1. The van der Waals surface area contributed by atoms with E-state index in [0.717, 1.165) is 5.56 Å². The Morgan fingerprint density at radius 2 is 1.74 bits per heavy atom. The van der Waals surface area contributed by atoms with Gasteiger partial charge in [-0.2, -0.15) is 0 Å². The van der Waals surface area contributed by atoms with Gasteiger partial charge in [0.05, 0.1) is 6.54 Å². The number of hydrogen-bond donors (Lipinski definition) is 3. The summed E-state index contributed by atoms with van der Waals surface area (Å²) in [6.07, 6.45) is 1.03. The molecule has 0 aliphatic heterocycles. The highest BCUT2D eigenvalue weighted by Crippen LogP contribution is 2.10. The van der Waals surface area contributed by atoms with Gasteiger partial charge in [0.25, 0.3) is 0 Å². The van der Waals surface area contributed by atoms with Crippen LogP contribution in [0.1, 0.15) is 40.2 Å². The van der Waals surface area contributed by atoms with E-state index in [2.05, 4.69) is 22.5 Å². The quantitative estimate of drug-likeness (QED) is 0.683. The van der Waals surface area contributed by atoms with Gasteiger partial charge in [-0.1, -0.05) is 38.6 Å². The maximum absolute atomic E-state index is 12.4. The molecule has 1 atom stereocenters. The van der Waals surface area contributed by atoms with E-state index in [-0.39, 0.29) is 18.4 Å². The summed E-state index contributed by atoms with van der Waals surface area (Å²) in [6.45, 7) is 12.3. The van der Waals surface area contributed by atoms with Gasteiger partial charge >= 0.3 is 6.09 Å². The van der Waals surface area contributed by atoms with Crippen LogP contribution >= 0.6 is 0 Å². The molecule has 0 aliphatic carbocycles. The summed E-state index contributed by atoms with van der Waals surface area (Å²) in [7, 11) is 0. The molecule has 1 aromatic carbocycles. The van der Waals surface area contributed by atoms with E-state index in [1.54, 1.807) is 52.8 Å². The molecular formula is C20H29N3O4. The number of ether oxygens (including phenoxy) is 1. The predicted molar refractivity (Wildman–Crippen MR) is 106 cm³/mol. The maximum atomic E-state index is 12.4. The zero-order chi connectivity index (χ0) is 20.6. The lowest BCUT2D eigenvalue weighted by molar-refractivity contribution is -0.126. The van der Waals surface area contributed by atoms with Gasteiger partial charge in [0, 0.05) is 5.69 Å². The molecule has 0 heterocycles. The minimum absolute atomic E-state index is 0.174. The summed E-state index contributed by atoms with van der Waals surface area (Å²) in [5.74, 6) is -0.991. The molecule has 148 valence electrons. The maximum Gasteiger partial charge on any atom is 0.408 e. The molecule has 3 N–H and O–H groups in total. The van der Waals surface area contributed by atoms with Crippen molar-refractivity contribution in [3.05, 3.63) is 36.4 Å². The number of hydrogen-bond acceptors (Lipinski definition) is 4. The van der Waals surface area contributed by atoms with Crippen LogP contribution in [-0.4, -0.2) is 36.1 Å². The van der Waals surface area contributed by atoms with Gasteiger partial charge < -0.3 is 20.7 Å². The zero-order valence-corrected chi connectivity index (χ0v) is 16.6. The molecule has 0 spiro atoms. The van der Waals surface area contributed by atoms with Crippen molar-refractivity contribution in [3.63, 3.8) is 0 Å². The van der Waals surface area contributed by atoms with Gasteiger partial charge in [0.2, 0.25) is 11.8 Å². The third kappa shape index (κ3) is 8.40. The zero-order valence-electron chi connectivity index (χ0n) is 16.6. The average molecular weight is 375 g/mol. The second-order valence-corrected chi connectivity index (χ2v) is 7.46. The largest absolute Gasteiger partial charge is 0.444 e. The lowest BCUT2D eigenvalue weighted by atomic mass is 10.0. The Kier molecular flexibility index (Phi) is 8.02. The molecule has 1 aromatic rings. The predicted octanol–water partition coefficient (Wildman–Crippen LogP) is 2.93. The van der Waals surface area contributed by atoms with Crippen LogP contribution in [0.25, 0.3) is 6.08 Å². The van der Waals surface area contributed by atoms with Crippen molar-refractivity contribution in [2.45, 2.75) is 46.3 Å². The van der Waals surface area contributed by atoms with Crippen LogP contribution < -0.4 is 16.0 Å². The molecular weight excluding hydrogens is 346 g/mol. The van der Waals surface area contributed by atoms with Crippen LogP contribution in [0, 0.1) is 5.92 Å². The topological polar surface area (TPSA) is 96.5 Å². The molecule has 7 heteroatoms. The van der Waals surface area contributed by atoms with E-state index in [4.69, 9.17) is 4.74 Å². The smallest absolute Gasteiger partial charge is 0.408 e. The van der Waals surface area contributed by atoms with Crippen molar-refractivity contribution in [1.29, 1.82) is 0 Å². The highest BCUT2D eigenvalue weighted by atomic mass is 16.6. The van der Waals surface area contributed by atoms with Crippen LogP contribution in [0.15, 0.2) is 30.8 Å². The van der Waals surface area contributed by atoms with Gasteiger partial charge in [-0.3, -0.25) is 9.59 Å². The normalized spacial score (nSPS) is 12.1. The van der Waals surface area contributed by atoms with Crippen LogP contribution in [-0.2, 0) is 14.3 Å². The van der Waals surface area contributed by atoms with E-state index < -0.39 is 23.6 Å². The highest BCUT2D eigenvalue weighted by molar-refractivity contribution is 5.95. The average Bonchev–Trinajstić information content (AvgIpc) is 2.56. The SMILES string of the molecule is C=Cc1ccc(NC(=O)CNC(=O)C(NC(=O)OC(C)(C)C)C(C)C)cc1. The van der Waals surface area contributed by atoms with Crippen LogP contribution in [0.4, 0.5) is 10.5 Å². The second kappa shape index (κ2) is 9.75. The molecule has 0 bridgehead atoms. The summed E-state index contributed by atoms with van der Waals surface area (Å²) in [5.41, 5.74) is 0.893. The van der Waals surface area contributed by atoms with Gasteiger partial charge in [-0.05, 0) is 44.4 Å². The first-order chi connectivity index (χ1) is 12.5. The molecule has 0 saturated heterocycles. The van der Waals surface area contributed by atoms with Crippen LogP contribution in [0.3, 0.4) is 0 Å². The number of amides is 3. The first kappa shape index (κ1) is 22.2. The standard InChI is InChI=1S/C20H29N3O4/c1-7-14-8-10-15(11-9-14)22-16(24)12-21-18(25)17(13(2)3)23-19(26)27-20(4,5)6/h7-11,13,17H,1,12H2,2-6H3,(H,21,25)(H,22,24)(H,23,26). The van der Waals surface area contributed by atoms with E-state index in [0.29, 0.717) is 5.69 Å². The monoisotopic (exact) mass is 375 g/mol. The van der Waals surface area contributed by atoms with Crippen molar-refractivity contribution in [3.8, 4) is 0 Å². The fourth-order valence-corrected chi connectivity index (χ4v) is 2.15. The Morgan fingerprint density at radius 1 is 1.15 bits per heavy atom. The van der Waals surface area contributed by atoms with Crippen molar-refractivity contribution >= 4 is 29.7 Å². The van der Waals surface area contributed by atoms with Gasteiger partial charge in [-0.15, -0.1) is 0 Å². The molecule has 0 saturated carbocycles. The Hall–Kier alpha value is -2.83. The van der Waals surface area contributed by atoms with Crippen molar-refractivity contribution in [1.82, 2.24) is 10.6 Å². The summed E-state index contributed by atoms with van der Waals surface area (Å²) >= 11 is 0. The number of carbonyl (C=O) groups excluding carboxylic acids is 3. The number of anilines is 1. The van der Waals surface area contributed by atoms with Gasteiger partial charge in [0.1, 0.15) is 11.6 Å². The van der Waals surface area contributed by atoms with E-state index in [9.17, 15) is 14.4 Å². The third-order valence-electron chi connectivity index (χ3n) is 3.47. The van der Waals surface area contributed by atoms with E-state index in [1.165, 1.54) is 0 Å².